The average Bonchev–Trinajstić information content (AvgIpc) is 3.02. The zero-order valence-corrected chi connectivity index (χ0v) is 18.4. The van der Waals surface area contributed by atoms with Crippen molar-refractivity contribution in [2.45, 2.75) is 17.8 Å². The molecule has 0 bridgehead atoms. The van der Waals surface area contributed by atoms with Gasteiger partial charge in [0, 0.05) is 13.5 Å². The summed E-state index contributed by atoms with van der Waals surface area (Å²) in [4.78, 5) is 31.3. The van der Waals surface area contributed by atoms with Crippen LogP contribution in [0.1, 0.15) is 12.0 Å². The van der Waals surface area contributed by atoms with Gasteiger partial charge in [-0.25, -0.2) is 4.99 Å². The fourth-order valence-corrected chi connectivity index (χ4v) is 4.24. The van der Waals surface area contributed by atoms with E-state index in [4.69, 9.17) is 16.3 Å². The molecule has 0 aromatic heterocycles. The highest BCUT2D eigenvalue weighted by molar-refractivity contribution is 8.15. The molecule has 0 saturated carbocycles. The zero-order chi connectivity index (χ0) is 23.3. The van der Waals surface area contributed by atoms with Gasteiger partial charge in [0.15, 0.2) is 5.17 Å². The van der Waals surface area contributed by atoms with Crippen LogP contribution in [-0.2, 0) is 20.5 Å². The maximum atomic E-state index is 12.9. The number of rotatable bonds is 7. The second-order valence-corrected chi connectivity index (χ2v) is 8.34. The fourth-order valence-electron chi connectivity index (χ4n) is 2.89. The van der Waals surface area contributed by atoms with Crippen molar-refractivity contribution in [2.75, 3.05) is 25.6 Å². The van der Waals surface area contributed by atoms with E-state index in [1.165, 1.54) is 12.0 Å². The second kappa shape index (κ2) is 10.4. The van der Waals surface area contributed by atoms with E-state index in [-0.39, 0.29) is 36.2 Å². The molecule has 0 spiro atoms. The van der Waals surface area contributed by atoms with Gasteiger partial charge in [-0.1, -0.05) is 41.6 Å². The molecule has 2 aromatic carbocycles. The molecule has 2 aromatic rings. The maximum Gasteiger partial charge on any atom is 0.416 e. The molecule has 1 atom stereocenters. The van der Waals surface area contributed by atoms with Crippen LogP contribution in [0.15, 0.2) is 53.5 Å². The van der Waals surface area contributed by atoms with Gasteiger partial charge in [-0.15, -0.1) is 0 Å². The average molecular weight is 486 g/mol. The van der Waals surface area contributed by atoms with Crippen LogP contribution in [0.2, 0.25) is 5.02 Å². The van der Waals surface area contributed by atoms with E-state index in [1.54, 1.807) is 12.1 Å². The minimum Gasteiger partial charge on any atom is -0.383 e. The lowest BCUT2D eigenvalue weighted by Crippen LogP contribution is -2.35. The molecule has 170 valence electrons. The molecule has 1 saturated heterocycles. The van der Waals surface area contributed by atoms with Crippen molar-refractivity contribution in [3.8, 4) is 0 Å². The van der Waals surface area contributed by atoms with Gasteiger partial charge in [0.05, 0.1) is 35.1 Å². The van der Waals surface area contributed by atoms with Gasteiger partial charge in [0.2, 0.25) is 11.8 Å². The van der Waals surface area contributed by atoms with Crippen LogP contribution in [0, 0.1) is 0 Å². The number of hydrogen-bond acceptors (Lipinski definition) is 5. The predicted octanol–water partition coefficient (Wildman–Crippen LogP) is 4.97. The molecule has 0 radical (unpaired) electrons. The number of hydrogen-bond donors (Lipinski definition) is 1. The molecule has 0 aliphatic carbocycles. The van der Waals surface area contributed by atoms with Gasteiger partial charge in [-0.3, -0.25) is 14.5 Å². The van der Waals surface area contributed by atoms with Crippen LogP contribution < -0.4 is 5.32 Å². The number of thioether (sulfide) groups is 1. The first-order valence-corrected chi connectivity index (χ1v) is 10.7. The number of amidine groups is 1. The van der Waals surface area contributed by atoms with Crippen molar-refractivity contribution < 1.29 is 27.5 Å². The summed E-state index contributed by atoms with van der Waals surface area (Å²) < 4.78 is 43.9. The third-order valence-electron chi connectivity index (χ3n) is 4.46. The Hall–Kier alpha value is -2.56. The van der Waals surface area contributed by atoms with Crippen LogP contribution in [0.25, 0.3) is 0 Å². The first kappa shape index (κ1) is 24.1. The van der Waals surface area contributed by atoms with Crippen LogP contribution in [0.5, 0.6) is 0 Å². The van der Waals surface area contributed by atoms with Gasteiger partial charge in [0.25, 0.3) is 0 Å². The Morgan fingerprint density at radius 2 is 1.97 bits per heavy atom. The summed E-state index contributed by atoms with van der Waals surface area (Å²) in [6.45, 7) is 0.532. The number of benzene rings is 2. The first-order valence-electron chi connectivity index (χ1n) is 9.46. The SMILES string of the molecule is COCCN1C(=O)[C@H](CC(=O)Nc2cc(C(F)(F)F)ccc2Cl)SC1=Nc1ccccc1. The van der Waals surface area contributed by atoms with E-state index in [9.17, 15) is 22.8 Å². The summed E-state index contributed by atoms with van der Waals surface area (Å²) in [5.41, 5.74) is -0.464. The Bertz CT molecular complexity index is 1020. The highest BCUT2D eigenvalue weighted by Gasteiger charge is 2.39. The number of carbonyl (C=O) groups excluding carboxylic acids is 2. The zero-order valence-electron chi connectivity index (χ0n) is 16.9. The Labute approximate surface area is 191 Å². The van der Waals surface area contributed by atoms with Crippen molar-refractivity contribution in [1.82, 2.24) is 4.90 Å². The number of methoxy groups -OCH3 is 1. The number of amides is 2. The molecule has 1 heterocycles. The van der Waals surface area contributed by atoms with E-state index in [0.717, 1.165) is 30.0 Å². The standard InChI is InChI=1S/C21H19ClF3N3O3S/c1-31-10-9-28-19(30)17(32-20(28)26-14-5-3-2-4-6-14)12-18(29)27-16-11-13(21(23,24)25)7-8-15(16)22/h2-8,11,17H,9-10,12H2,1H3,(H,27,29)/t17-/m0/s1. The highest BCUT2D eigenvalue weighted by Crippen LogP contribution is 2.35. The molecule has 2 amide bonds. The number of nitrogens with one attached hydrogen (secondary N) is 1. The third kappa shape index (κ3) is 6.02. The Morgan fingerprint density at radius 3 is 2.62 bits per heavy atom. The summed E-state index contributed by atoms with van der Waals surface area (Å²) in [6.07, 6.45) is -4.83. The lowest BCUT2D eigenvalue weighted by atomic mass is 10.2. The number of para-hydroxylation sites is 1. The fraction of sp³-hybridized carbons (Fsp3) is 0.286. The summed E-state index contributed by atoms with van der Waals surface area (Å²) in [5.74, 6) is -0.961. The summed E-state index contributed by atoms with van der Waals surface area (Å²) >= 11 is 7.05. The summed E-state index contributed by atoms with van der Waals surface area (Å²) in [6, 6.07) is 11.7. The van der Waals surface area contributed by atoms with Crippen molar-refractivity contribution >= 4 is 51.7 Å². The number of aliphatic imine (C=N–C) groups is 1. The molecule has 3 rings (SSSR count). The monoisotopic (exact) mass is 485 g/mol. The van der Waals surface area contributed by atoms with Gasteiger partial charge in [0.1, 0.15) is 5.25 Å². The lowest BCUT2D eigenvalue weighted by Gasteiger charge is -2.16. The molecule has 1 fully saturated rings. The van der Waals surface area contributed by atoms with Crippen LogP contribution in [0.3, 0.4) is 0 Å². The minimum atomic E-state index is -4.58. The van der Waals surface area contributed by atoms with Crippen molar-refractivity contribution in [3.05, 3.63) is 59.1 Å². The normalized spacial score (nSPS) is 17.8. The summed E-state index contributed by atoms with van der Waals surface area (Å²) in [7, 11) is 1.51. The van der Waals surface area contributed by atoms with Crippen LogP contribution in [0.4, 0.5) is 24.5 Å². The number of nitrogens with zero attached hydrogens (tertiary/aromatic N) is 2. The first-order chi connectivity index (χ1) is 15.2. The predicted molar refractivity (Wildman–Crippen MR) is 118 cm³/mol. The summed E-state index contributed by atoms with van der Waals surface area (Å²) in [5, 5.41) is 1.98. The van der Waals surface area contributed by atoms with Crippen LogP contribution in [-0.4, -0.2) is 47.4 Å². The molecule has 1 aliphatic rings. The van der Waals surface area contributed by atoms with Gasteiger partial charge < -0.3 is 10.1 Å². The molecule has 32 heavy (non-hydrogen) atoms. The van der Waals surface area contributed by atoms with Crippen molar-refractivity contribution in [3.63, 3.8) is 0 Å². The molecule has 1 N–H and O–H groups in total. The van der Waals surface area contributed by atoms with E-state index in [1.807, 2.05) is 18.2 Å². The molecule has 1 aliphatic heterocycles. The Balaban J connectivity index is 1.75. The van der Waals surface area contributed by atoms with Crippen molar-refractivity contribution in [1.29, 1.82) is 0 Å². The number of anilines is 1. The van der Waals surface area contributed by atoms with Gasteiger partial charge in [-0.05, 0) is 30.3 Å². The second-order valence-electron chi connectivity index (χ2n) is 6.76. The number of alkyl halides is 3. The Kier molecular flexibility index (Phi) is 7.81. The van der Waals surface area contributed by atoms with Crippen molar-refractivity contribution in [2.24, 2.45) is 4.99 Å². The van der Waals surface area contributed by atoms with E-state index in [2.05, 4.69) is 10.3 Å². The molecular weight excluding hydrogens is 467 g/mol. The Morgan fingerprint density at radius 1 is 1.25 bits per heavy atom. The molecule has 6 nitrogen and oxygen atoms in total. The van der Waals surface area contributed by atoms with Gasteiger partial charge >= 0.3 is 6.18 Å². The molecule has 0 unspecified atom stereocenters. The van der Waals surface area contributed by atoms with E-state index >= 15 is 0 Å². The minimum absolute atomic E-state index is 0.0372. The number of halogens is 4. The maximum absolute atomic E-state index is 12.9. The van der Waals surface area contributed by atoms with Crippen LogP contribution >= 0.6 is 23.4 Å². The highest BCUT2D eigenvalue weighted by atomic mass is 35.5. The van der Waals surface area contributed by atoms with Gasteiger partial charge in [-0.2, -0.15) is 13.2 Å². The quantitative estimate of drug-likeness (QED) is 0.601. The smallest absolute Gasteiger partial charge is 0.383 e. The topological polar surface area (TPSA) is 71.0 Å². The lowest BCUT2D eigenvalue weighted by molar-refractivity contribution is -0.137. The third-order valence-corrected chi connectivity index (χ3v) is 5.96. The van der Waals surface area contributed by atoms with E-state index in [0.29, 0.717) is 10.9 Å². The molecule has 11 heteroatoms. The number of ether oxygens (including phenoxy) is 1. The van der Waals surface area contributed by atoms with E-state index < -0.39 is 22.9 Å². The number of carbonyl (C=O) groups is 2. The molecular formula is C21H19ClF3N3O3S. The largest absolute Gasteiger partial charge is 0.416 e.